The van der Waals surface area contributed by atoms with Gasteiger partial charge < -0.3 is 0 Å². The van der Waals surface area contributed by atoms with Crippen LogP contribution in [0, 0.1) is 19.3 Å². The van der Waals surface area contributed by atoms with Crippen LogP contribution in [0.2, 0.25) is 0 Å². The smallest absolute Gasteiger partial charge is 0.245 e. The molecule has 0 radical (unpaired) electrons. The second-order valence-corrected chi connectivity index (χ2v) is 9.25. The molecule has 1 heterocycles. The van der Waals surface area contributed by atoms with Crippen LogP contribution in [0.1, 0.15) is 25.0 Å². The minimum absolute atomic E-state index is 0.214. The van der Waals surface area contributed by atoms with Crippen LogP contribution >= 0.6 is 11.8 Å². The van der Waals surface area contributed by atoms with Crippen LogP contribution in [0.25, 0.3) is 0 Å². The van der Waals surface area contributed by atoms with Crippen LogP contribution < -0.4 is 0 Å². The number of hydrogen-bond donors (Lipinski definition) is 0. The monoisotopic (exact) mass is 372 g/mol. The second-order valence-electron chi connectivity index (χ2n) is 6.66. The molecule has 1 aliphatic rings. The van der Waals surface area contributed by atoms with E-state index < -0.39 is 15.4 Å². The summed E-state index contributed by atoms with van der Waals surface area (Å²) in [5, 5.41) is 1.44. The Bertz CT molecular complexity index is 955. The Balaban J connectivity index is 1.86. The fraction of sp³-hybridized carbons (Fsp3) is 0.263. The van der Waals surface area contributed by atoms with Gasteiger partial charge in [0, 0.05) is 0 Å². The maximum absolute atomic E-state index is 12.5. The molecule has 4 nitrogen and oxygen atoms in total. The first kappa shape index (κ1) is 17.9. The molecule has 6 heteroatoms. The Morgan fingerprint density at radius 1 is 0.840 bits per heavy atom. The van der Waals surface area contributed by atoms with Gasteiger partial charge in [0.1, 0.15) is 5.04 Å². The lowest BCUT2D eigenvalue weighted by Crippen LogP contribution is -2.41. The molecular weight excluding hydrogens is 352 g/mol. The average Bonchev–Trinajstić information content (AvgIpc) is 2.56. The lowest BCUT2D eigenvalue weighted by molar-refractivity contribution is 0.597. The summed E-state index contributed by atoms with van der Waals surface area (Å²) in [6, 6.07) is 14.7. The maximum Gasteiger partial charge on any atom is 0.283 e. The minimum atomic E-state index is -3.70. The first-order valence-electron chi connectivity index (χ1n) is 7.94. The number of aliphatic imine (C=N–C) groups is 1. The van der Waals surface area contributed by atoms with Crippen LogP contribution in [-0.2, 0) is 10.0 Å². The van der Waals surface area contributed by atoms with E-state index in [-0.39, 0.29) is 4.90 Å². The van der Waals surface area contributed by atoms with Crippen molar-refractivity contribution in [2.24, 2.45) is 14.8 Å². The Kier molecular flexibility index (Phi) is 4.60. The highest BCUT2D eigenvalue weighted by atomic mass is 32.2. The predicted molar refractivity (Wildman–Crippen MR) is 105 cm³/mol. The zero-order valence-corrected chi connectivity index (χ0v) is 16.3. The van der Waals surface area contributed by atoms with Crippen molar-refractivity contribution in [3.8, 4) is 0 Å². The molecule has 1 saturated heterocycles. The molecule has 0 aliphatic carbocycles. The van der Waals surface area contributed by atoms with E-state index in [1.807, 2.05) is 52.0 Å². The molecule has 130 valence electrons. The van der Waals surface area contributed by atoms with E-state index in [9.17, 15) is 8.42 Å². The van der Waals surface area contributed by atoms with Crippen molar-refractivity contribution in [1.82, 2.24) is 0 Å². The highest BCUT2D eigenvalue weighted by molar-refractivity contribution is 8.30. The summed E-state index contributed by atoms with van der Waals surface area (Å²) >= 11 is 1.33. The van der Waals surface area contributed by atoms with Crippen LogP contribution in [0.3, 0.4) is 0 Å². The Labute approximate surface area is 153 Å². The molecule has 0 atom stereocenters. The van der Waals surface area contributed by atoms with Crippen LogP contribution in [-0.4, -0.2) is 18.5 Å². The lowest BCUT2D eigenvalue weighted by atomic mass is 9.95. The Morgan fingerprint density at radius 2 is 1.36 bits per heavy atom. The summed E-state index contributed by atoms with van der Waals surface area (Å²) in [6.45, 7) is 7.83. The van der Waals surface area contributed by atoms with Crippen molar-refractivity contribution in [3.05, 3.63) is 59.7 Å². The molecule has 25 heavy (non-hydrogen) atoms. The van der Waals surface area contributed by atoms with Crippen LogP contribution in [0.4, 0.5) is 5.69 Å². The van der Waals surface area contributed by atoms with Gasteiger partial charge in [0.15, 0.2) is 0 Å². The highest BCUT2D eigenvalue weighted by Gasteiger charge is 2.44. The van der Waals surface area contributed by atoms with Gasteiger partial charge >= 0.3 is 0 Å². The fourth-order valence-corrected chi connectivity index (χ4v) is 4.66. The van der Waals surface area contributed by atoms with Gasteiger partial charge in [0.05, 0.1) is 21.0 Å². The topological polar surface area (TPSA) is 58.9 Å². The van der Waals surface area contributed by atoms with Crippen molar-refractivity contribution < 1.29 is 8.42 Å². The van der Waals surface area contributed by atoms with Crippen molar-refractivity contribution in [2.75, 3.05) is 0 Å². The first-order chi connectivity index (χ1) is 11.7. The molecule has 2 aromatic carbocycles. The lowest BCUT2D eigenvalue weighted by Gasteiger charge is -2.36. The van der Waals surface area contributed by atoms with Crippen molar-refractivity contribution in [1.29, 1.82) is 0 Å². The molecule has 1 fully saturated rings. The van der Waals surface area contributed by atoms with E-state index in [1.54, 1.807) is 24.3 Å². The molecule has 3 rings (SSSR count). The molecule has 0 spiro atoms. The predicted octanol–water partition coefficient (Wildman–Crippen LogP) is 4.89. The van der Waals surface area contributed by atoms with E-state index in [0.717, 1.165) is 16.3 Å². The van der Waals surface area contributed by atoms with E-state index in [4.69, 9.17) is 0 Å². The molecule has 0 N–H and O–H groups in total. The molecular formula is C19H20N2O2S2. The van der Waals surface area contributed by atoms with Gasteiger partial charge in [0.2, 0.25) is 0 Å². The number of nitrogens with zero attached hydrogens (tertiary/aromatic N) is 2. The third-order valence-corrected chi connectivity index (χ3v) is 7.05. The number of sulfonamides is 1. The average molecular weight is 373 g/mol. The van der Waals surface area contributed by atoms with Crippen LogP contribution in [0.15, 0.2) is 62.8 Å². The number of hydrogen-bond acceptors (Lipinski definition) is 4. The molecule has 2 aromatic rings. The first-order valence-corrected chi connectivity index (χ1v) is 10.2. The zero-order chi connectivity index (χ0) is 18.2. The number of thioether (sulfide) groups is 1. The summed E-state index contributed by atoms with van der Waals surface area (Å²) in [6.07, 6.45) is 0. The molecule has 0 bridgehead atoms. The number of aryl methyl sites for hydroxylation is 2. The van der Waals surface area contributed by atoms with Gasteiger partial charge in [-0.25, -0.2) is 4.99 Å². The van der Waals surface area contributed by atoms with Gasteiger partial charge in [-0.3, -0.25) is 0 Å². The largest absolute Gasteiger partial charge is 0.283 e. The van der Waals surface area contributed by atoms with Crippen molar-refractivity contribution >= 4 is 37.6 Å². The molecule has 0 saturated carbocycles. The van der Waals surface area contributed by atoms with Gasteiger partial charge in [0.25, 0.3) is 10.0 Å². The maximum atomic E-state index is 12.5. The molecule has 0 amide bonds. The quantitative estimate of drug-likeness (QED) is 0.770. The van der Waals surface area contributed by atoms with Gasteiger partial charge in [-0.05, 0) is 52.0 Å². The summed E-state index contributed by atoms with van der Waals surface area (Å²) in [4.78, 5) is 4.84. The highest BCUT2D eigenvalue weighted by Crippen LogP contribution is 2.45. The van der Waals surface area contributed by atoms with Crippen molar-refractivity contribution in [2.45, 2.75) is 32.6 Å². The van der Waals surface area contributed by atoms with E-state index in [0.29, 0.717) is 5.04 Å². The van der Waals surface area contributed by atoms with E-state index in [1.165, 1.54) is 17.3 Å². The summed E-state index contributed by atoms with van der Waals surface area (Å²) < 4.78 is 29.0. The van der Waals surface area contributed by atoms with E-state index >= 15 is 0 Å². The second kappa shape index (κ2) is 6.42. The standard InChI is InChI=1S/C19H20N2O2S2/c1-13-5-9-15(10-6-13)20-17-19(3,4)18(24-17)21-25(22,23)16-11-7-14(2)8-12-16/h5-12H,1-4H3. The minimum Gasteiger partial charge on any atom is -0.245 e. The van der Waals surface area contributed by atoms with E-state index in [2.05, 4.69) is 9.39 Å². The number of rotatable bonds is 3. The third kappa shape index (κ3) is 3.70. The summed E-state index contributed by atoms with van der Waals surface area (Å²) in [5.41, 5.74) is 2.57. The molecule has 0 aromatic heterocycles. The molecule has 1 aliphatic heterocycles. The Hall–Kier alpha value is -1.92. The normalized spacial score (nSPS) is 19.8. The van der Waals surface area contributed by atoms with Gasteiger partial charge in [-0.1, -0.05) is 47.2 Å². The number of benzene rings is 2. The summed E-state index contributed by atoms with van der Waals surface area (Å²) in [5.74, 6) is 0. The van der Waals surface area contributed by atoms with Gasteiger partial charge in [-0.15, -0.1) is 0 Å². The molecule has 0 unspecified atom stereocenters. The van der Waals surface area contributed by atoms with Gasteiger partial charge in [-0.2, -0.15) is 12.8 Å². The zero-order valence-electron chi connectivity index (χ0n) is 14.6. The summed E-state index contributed by atoms with van der Waals surface area (Å²) in [7, 11) is -3.70. The third-order valence-electron chi connectivity index (χ3n) is 4.05. The SMILES string of the molecule is Cc1ccc(N=C2SC(=NS(=O)(=O)c3ccc(C)cc3)C2(C)C)cc1. The fourth-order valence-electron chi connectivity index (χ4n) is 2.30. The Morgan fingerprint density at radius 3 is 1.88 bits per heavy atom. The van der Waals surface area contributed by atoms with Crippen LogP contribution in [0.5, 0.6) is 0 Å². The van der Waals surface area contributed by atoms with Crippen molar-refractivity contribution in [3.63, 3.8) is 0 Å².